The highest BCUT2D eigenvalue weighted by Crippen LogP contribution is 2.29. The van der Waals surface area contributed by atoms with Gasteiger partial charge >= 0.3 is 0 Å². The average molecular weight is 401 g/mol. The third kappa shape index (κ3) is 4.62. The fraction of sp³-hybridized carbons (Fsp3) is 0. The zero-order chi connectivity index (χ0) is 21.5. The second-order valence-electron chi connectivity index (χ2n) is 6.33. The lowest BCUT2D eigenvalue weighted by atomic mass is 10.0. The molecule has 3 nitrogen and oxygen atoms in total. The summed E-state index contributed by atoms with van der Waals surface area (Å²) in [7, 11) is 0. The molecule has 0 aromatic heterocycles. The molecule has 0 aliphatic rings. The van der Waals surface area contributed by atoms with Crippen molar-refractivity contribution in [3.8, 4) is 39.8 Å². The lowest BCUT2D eigenvalue weighted by molar-refractivity contribution is 0.433. The summed E-state index contributed by atoms with van der Waals surface area (Å²) in [6, 6.07) is 26.7. The molecule has 0 radical (unpaired) electrons. The van der Waals surface area contributed by atoms with Crippen LogP contribution in [0.2, 0.25) is 0 Å². The van der Waals surface area contributed by atoms with Gasteiger partial charge in [0.25, 0.3) is 0 Å². The van der Waals surface area contributed by atoms with E-state index in [1.54, 1.807) is 60.7 Å². The van der Waals surface area contributed by atoms with Crippen LogP contribution in [0, 0.1) is 23.0 Å². The zero-order valence-electron chi connectivity index (χ0n) is 15.8. The van der Waals surface area contributed by atoms with Crippen molar-refractivity contribution in [2.45, 2.75) is 0 Å². The quantitative estimate of drug-likeness (QED) is 0.416. The van der Waals surface area contributed by atoms with Crippen molar-refractivity contribution in [2.75, 3.05) is 0 Å². The molecular formula is C25H17F2NO2. The second kappa shape index (κ2) is 9.35. The maximum Gasteiger partial charge on any atom is 0.172 e. The molecule has 4 aromatic rings. The molecule has 0 atom stereocenters. The van der Waals surface area contributed by atoms with Gasteiger partial charge in [0, 0.05) is 11.1 Å². The number of nitrogens with zero attached hydrogens (tertiary/aromatic N) is 1. The molecule has 5 heteroatoms. The van der Waals surface area contributed by atoms with Crippen molar-refractivity contribution in [3.63, 3.8) is 0 Å². The minimum atomic E-state index is -0.646. The van der Waals surface area contributed by atoms with E-state index in [2.05, 4.69) is 0 Å². The number of hydrogen-bond acceptors (Lipinski definition) is 3. The van der Waals surface area contributed by atoms with E-state index >= 15 is 0 Å². The van der Waals surface area contributed by atoms with Gasteiger partial charge in [0.1, 0.15) is 0 Å². The molecule has 0 fully saturated rings. The highest BCUT2D eigenvalue weighted by Gasteiger charge is 2.09. The first-order valence-corrected chi connectivity index (χ1v) is 9.02. The van der Waals surface area contributed by atoms with Crippen LogP contribution in [0.4, 0.5) is 8.78 Å². The summed E-state index contributed by atoms with van der Waals surface area (Å²) in [6.45, 7) is 0. The number of hydrogen-bond donors (Lipinski definition) is 2. The number of aromatic hydroxyl groups is 2. The number of rotatable bonds is 2. The standard InChI is InChI=1S/C13H8FNO.C12H9FO/c14-13-11(2-1-3-12(13)16)10-6-4-9(8-15)5-7-10;13-12-10(7-4-8-11(12)14)9-5-2-1-3-6-9/h1-7,16H;1-8,14H. The number of phenolic OH excluding ortho intramolecular Hbond substituents is 2. The maximum atomic E-state index is 13.6. The topological polar surface area (TPSA) is 64.2 Å². The van der Waals surface area contributed by atoms with Gasteiger partial charge in [-0.1, -0.05) is 66.7 Å². The number of phenols is 2. The summed E-state index contributed by atoms with van der Waals surface area (Å²) in [5.41, 5.74) is 2.66. The molecule has 0 amide bonds. The Hall–Kier alpha value is -4.17. The third-order valence-electron chi connectivity index (χ3n) is 4.37. The molecule has 0 saturated carbocycles. The van der Waals surface area contributed by atoms with Crippen LogP contribution in [0.25, 0.3) is 22.3 Å². The van der Waals surface area contributed by atoms with E-state index in [1.807, 2.05) is 24.3 Å². The maximum absolute atomic E-state index is 13.6. The van der Waals surface area contributed by atoms with Crippen molar-refractivity contribution < 1.29 is 19.0 Å². The fourth-order valence-corrected chi connectivity index (χ4v) is 2.83. The Morgan fingerprint density at radius 2 is 1.03 bits per heavy atom. The van der Waals surface area contributed by atoms with Crippen LogP contribution in [-0.2, 0) is 0 Å². The second-order valence-corrected chi connectivity index (χ2v) is 6.33. The van der Waals surface area contributed by atoms with Gasteiger partial charge in [0.2, 0.25) is 0 Å². The fourth-order valence-electron chi connectivity index (χ4n) is 2.83. The van der Waals surface area contributed by atoms with Gasteiger partial charge < -0.3 is 10.2 Å². The first-order chi connectivity index (χ1) is 14.5. The first kappa shape index (κ1) is 20.6. The molecule has 4 aromatic carbocycles. The minimum Gasteiger partial charge on any atom is -0.505 e. The normalized spacial score (nSPS) is 9.90. The van der Waals surface area contributed by atoms with Crippen molar-refractivity contribution in [3.05, 3.63) is 108 Å². The molecule has 0 bridgehead atoms. The molecule has 0 heterocycles. The lowest BCUT2D eigenvalue weighted by Crippen LogP contribution is -1.85. The van der Waals surface area contributed by atoms with Crippen LogP contribution in [0.3, 0.4) is 0 Å². The van der Waals surface area contributed by atoms with Crippen LogP contribution in [0.15, 0.2) is 91.0 Å². The van der Waals surface area contributed by atoms with Crippen molar-refractivity contribution in [1.82, 2.24) is 0 Å². The Bertz CT molecular complexity index is 1180. The van der Waals surface area contributed by atoms with Gasteiger partial charge in [-0.25, -0.2) is 8.78 Å². The van der Waals surface area contributed by atoms with Crippen LogP contribution in [-0.4, -0.2) is 10.2 Å². The summed E-state index contributed by atoms with van der Waals surface area (Å²) in [5.74, 6) is -1.90. The molecule has 0 aliphatic carbocycles. The van der Waals surface area contributed by atoms with E-state index in [1.165, 1.54) is 12.1 Å². The first-order valence-electron chi connectivity index (χ1n) is 9.02. The Balaban J connectivity index is 0.000000172. The largest absolute Gasteiger partial charge is 0.505 e. The lowest BCUT2D eigenvalue weighted by Gasteiger charge is -2.04. The van der Waals surface area contributed by atoms with Crippen LogP contribution >= 0.6 is 0 Å². The molecule has 0 aliphatic heterocycles. The van der Waals surface area contributed by atoms with Gasteiger partial charge in [-0.15, -0.1) is 0 Å². The summed E-state index contributed by atoms with van der Waals surface area (Å²) in [4.78, 5) is 0. The Morgan fingerprint density at radius 1 is 0.567 bits per heavy atom. The van der Waals surface area contributed by atoms with E-state index < -0.39 is 11.6 Å². The Kier molecular flexibility index (Phi) is 6.41. The predicted octanol–water partition coefficient (Wildman–Crippen LogP) is 6.27. The van der Waals surface area contributed by atoms with Crippen molar-refractivity contribution in [2.24, 2.45) is 0 Å². The van der Waals surface area contributed by atoms with E-state index in [4.69, 9.17) is 5.26 Å². The molecule has 0 spiro atoms. The van der Waals surface area contributed by atoms with E-state index in [9.17, 15) is 19.0 Å². The predicted molar refractivity (Wildman–Crippen MR) is 112 cm³/mol. The van der Waals surface area contributed by atoms with Crippen molar-refractivity contribution >= 4 is 0 Å². The molecule has 2 N–H and O–H groups in total. The van der Waals surface area contributed by atoms with Crippen LogP contribution < -0.4 is 0 Å². The van der Waals surface area contributed by atoms with Crippen LogP contribution in [0.5, 0.6) is 11.5 Å². The summed E-state index contributed by atoms with van der Waals surface area (Å²) in [5, 5.41) is 27.1. The highest BCUT2D eigenvalue weighted by molar-refractivity contribution is 5.67. The molecule has 0 saturated heterocycles. The molecular weight excluding hydrogens is 384 g/mol. The highest BCUT2D eigenvalue weighted by atomic mass is 19.1. The summed E-state index contributed by atoms with van der Waals surface area (Å²) >= 11 is 0. The Labute approximate surface area is 172 Å². The van der Waals surface area contributed by atoms with E-state index in [0.717, 1.165) is 5.56 Å². The zero-order valence-corrected chi connectivity index (χ0v) is 15.8. The Morgan fingerprint density at radius 3 is 1.50 bits per heavy atom. The van der Waals surface area contributed by atoms with Gasteiger partial charge in [-0.3, -0.25) is 0 Å². The van der Waals surface area contributed by atoms with Gasteiger partial charge in [0.15, 0.2) is 23.1 Å². The summed E-state index contributed by atoms with van der Waals surface area (Å²) in [6.07, 6.45) is 0. The van der Waals surface area contributed by atoms with E-state index in [0.29, 0.717) is 22.3 Å². The van der Waals surface area contributed by atoms with Crippen molar-refractivity contribution in [1.29, 1.82) is 5.26 Å². The van der Waals surface area contributed by atoms with Gasteiger partial charge in [0.05, 0.1) is 11.6 Å². The minimum absolute atomic E-state index is 0.314. The van der Waals surface area contributed by atoms with Gasteiger partial charge in [-0.05, 0) is 35.4 Å². The average Bonchev–Trinajstić information content (AvgIpc) is 2.79. The van der Waals surface area contributed by atoms with Gasteiger partial charge in [-0.2, -0.15) is 5.26 Å². The number of benzene rings is 4. The van der Waals surface area contributed by atoms with E-state index in [-0.39, 0.29) is 11.5 Å². The SMILES string of the molecule is N#Cc1ccc(-c2cccc(O)c2F)cc1.Oc1cccc(-c2ccccc2)c1F. The smallest absolute Gasteiger partial charge is 0.172 e. The monoisotopic (exact) mass is 401 g/mol. The molecule has 0 unspecified atom stereocenters. The molecule has 4 rings (SSSR count). The molecule has 148 valence electrons. The molecule has 30 heavy (non-hydrogen) atoms. The van der Waals surface area contributed by atoms with Crippen LogP contribution in [0.1, 0.15) is 5.56 Å². The number of nitriles is 1. The number of halogens is 2. The third-order valence-corrected chi connectivity index (χ3v) is 4.37. The summed E-state index contributed by atoms with van der Waals surface area (Å²) < 4.78 is 27.0.